The number of rotatable bonds is 2. The number of Topliss-reactive ketones (excluding diaryl/α,β-unsaturated/α-hetero) is 1. The quantitative estimate of drug-likeness (QED) is 0.279. The number of aromatic amines is 2. The van der Waals surface area contributed by atoms with Gasteiger partial charge in [0.15, 0.2) is 5.78 Å². The van der Waals surface area contributed by atoms with Crippen LogP contribution in [0.15, 0.2) is 72.9 Å². The normalized spacial score (nSPS) is 11.8. The topological polar surface area (TPSA) is 61.5 Å². The average Bonchev–Trinajstić information content (AvgIpc) is 3.38. The smallest absolute Gasteiger partial charge is 0.159 e. The van der Waals surface area contributed by atoms with Crippen molar-refractivity contribution in [1.29, 1.82) is 0 Å². The minimum absolute atomic E-state index is 0.0599. The molecule has 2 heterocycles. The average molecular weight is 375 g/mol. The number of fused-ring (bicyclic) bond motifs is 7. The molecule has 0 amide bonds. The molecule has 2 N–H and O–H groups in total. The summed E-state index contributed by atoms with van der Waals surface area (Å²) in [5, 5.41) is 5.78. The van der Waals surface area contributed by atoms with Crippen LogP contribution in [0.2, 0.25) is 0 Å². The largest absolute Gasteiger partial charge is 0.360 e. The molecular weight excluding hydrogens is 358 g/mol. The zero-order valence-corrected chi connectivity index (χ0v) is 15.8. The molecule has 4 heteroatoms. The van der Waals surface area contributed by atoms with Crippen LogP contribution in [0.5, 0.6) is 0 Å². The van der Waals surface area contributed by atoms with Crippen LogP contribution >= 0.6 is 0 Å². The summed E-state index contributed by atoms with van der Waals surface area (Å²) >= 11 is 0. The predicted molar refractivity (Wildman–Crippen MR) is 118 cm³/mol. The third-order valence-corrected chi connectivity index (χ3v) is 5.72. The number of nitrogens with zero attached hydrogens (tertiary/aromatic N) is 1. The maximum Gasteiger partial charge on any atom is 0.159 e. The second kappa shape index (κ2) is 5.79. The van der Waals surface area contributed by atoms with Gasteiger partial charge in [-0.25, -0.2) is 4.98 Å². The van der Waals surface area contributed by atoms with E-state index >= 15 is 0 Å². The number of H-pyrrole nitrogens is 2. The van der Waals surface area contributed by atoms with Crippen LogP contribution in [0.4, 0.5) is 0 Å². The van der Waals surface area contributed by atoms with E-state index in [2.05, 4.69) is 58.5 Å². The van der Waals surface area contributed by atoms with Crippen LogP contribution in [0, 0.1) is 0 Å². The van der Waals surface area contributed by atoms with E-state index in [1.807, 2.05) is 24.4 Å². The summed E-state index contributed by atoms with van der Waals surface area (Å²) < 4.78 is 0. The van der Waals surface area contributed by atoms with Crippen LogP contribution < -0.4 is 0 Å². The van der Waals surface area contributed by atoms with Crippen molar-refractivity contribution in [2.75, 3.05) is 0 Å². The molecule has 0 atom stereocenters. The Morgan fingerprint density at radius 2 is 1.52 bits per heavy atom. The first-order valence-electron chi connectivity index (χ1n) is 9.62. The Bertz CT molecular complexity index is 1510. The number of imidazole rings is 1. The molecule has 4 nitrogen and oxygen atoms in total. The minimum atomic E-state index is 0.0599. The van der Waals surface area contributed by atoms with Crippen molar-refractivity contribution < 1.29 is 4.79 Å². The Hall–Kier alpha value is -3.92. The molecule has 0 saturated carbocycles. The first-order valence-corrected chi connectivity index (χ1v) is 9.62. The van der Waals surface area contributed by atoms with Gasteiger partial charge in [-0.15, -0.1) is 0 Å². The van der Waals surface area contributed by atoms with Gasteiger partial charge < -0.3 is 9.97 Å². The summed E-state index contributed by atoms with van der Waals surface area (Å²) in [5.74, 6) is 0.882. The molecule has 0 radical (unpaired) electrons. The van der Waals surface area contributed by atoms with E-state index in [4.69, 9.17) is 4.98 Å². The molecule has 0 aliphatic carbocycles. The van der Waals surface area contributed by atoms with Crippen molar-refractivity contribution in [3.8, 4) is 11.4 Å². The van der Waals surface area contributed by atoms with Crippen molar-refractivity contribution in [2.45, 2.75) is 6.92 Å². The number of hydrogen-bond acceptors (Lipinski definition) is 2. The predicted octanol–water partition coefficient (Wildman–Crippen LogP) is 6.22. The molecule has 6 rings (SSSR count). The number of nitrogens with one attached hydrogen (secondary N) is 2. The molecule has 0 fully saturated rings. The lowest BCUT2D eigenvalue weighted by atomic mass is 10.0. The van der Waals surface area contributed by atoms with Crippen molar-refractivity contribution in [1.82, 2.24) is 15.0 Å². The third kappa shape index (κ3) is 2.26. The summed E-state index contributed by atoms with van der Waals surface area (Å²) in [5.41, 5.74) is 4.66. The SMILES string of the molecule is CC(=O)c1ccc2c(-c3nc4c5ccccc5c5ccccc5c4[nH]3)c[nH]c2c1. The summed E-state index contributed by atoms with van der Waals surface area (Å²) in [4.78, 5) is 23.6. The second-order valence-electron chi connectivity index (χ2n) is 7.42. The van der Waals surface area contributed by atoms with Gasteiger partial charge in [0.1, 0.15) is 5.82 Å². The molecule has 4 aromatic carbocycles. The number of ketones is 1. The van der Waals surface area contributed by atoms with Gasteiger partial charge in [0.25, 0.3) is 0 Å². The highest BCUT2D eigenvalue weighted by Gasteiger charge is 2.16. The van der Waals surface area contributed by atoms with Gasteiger partial charge in [0, 0.05) is 39.0 Å². The second-order valence-corrected chi connectivity index (χ2v) is 7.42. The van der Waals surface area contributed by atoms with Gasteiger partial charge in [-0.2, -0.15) is 0 Å². The molecule has 29 heavy (non-hydrogen) atoms. The fourth-order valence-electron chi connectivity index (χ4n) is 4.29. The van der Waals surface area contributed by atoms with Crippen molar-refractivity contribution in [2.24, 2.45) is 0 Å². The molecule has 138 valence electrons. The lowest BCUT2D eigenvalue weighted by Crippen LogP contribution is -1.90. The first kappa shape index (κ1) is 16.1. The Kier molecular flexibility index (Phi) is 3.21. The van der Waals surface area contributed by atoms with Crippen LogP contribution in [0.25, 0.3) is 54.9 Å². The number of carbonyl (C=O) groups excluding carboxylic acids is 1. The van der Waals surface area contributed by atoms with Gasteiger partial charge in [0.05, 0.1) is 11.0 Å². The van der Waals surface area contributed by atoms with Crippen LogP contribution in [-0.4, -0.2) is 20.7 Å². The lowest BCUT2D eigenvalue weighted by molar-refractivity contribution is 0.101. The Morgan fingerprint density at radius 3 is 2.28 bits per heavy atom. The van der Waals surface area contributed by atoms with E-state index in [1.165, 1.54) is 16.2 Å². The molecule has 0 aliphatic heterocycles. The highest BCUT2D eigenvalue weighted by Crippen LogP contribution is 2.36. The summed E-state index contributed by atoms with van der Waals surface area (Å²) in [6.07, 6.45) is 1.96. The molecule has 0 unspecified atom stereocenters. The summed E-state index contributed by atoms with van der Waals surface area (Å²) in [6.45, 7) is 1.58. The number of carbonyl (C=O) groups is 1. The standard InChI is InChI=1S/C25H17N3O/c1-14(29)15-10-11-18-21(13-26-22(18)12-15)25-27-23-19-8-4-2-6-16(19)17-7-3-5-9-20(17)24(23)28-25/h2-13,26H,1H3,(H,27,28). The fourth-order valence-corrected chi connectivity index (χ4v) is 4.29. The van der Waals surface area contributed by atoms with Crippen LogP contribution in [0.1, 0.15) is 17.3 Å². The molecule has 6 aromatic rings. The van der Waals surface area contributed by atoms with Crippen molar-refractivity contribution >= 4 is 49.3 Å². The number of aromatic nitrogens is 3. The molecule has 2 aromatic heterocycles. The summed E-state index contributed by atoms with van der Waals surface area (Å²) in [6, 6.07) is 22.6. The lowest BCUT2D eigenvalue weighted by Gasteiger charge is -2.05. The van der Waals surface area contributed by atoms with Gasteiger partial charge in [-0.05, 0) is 23.8 Å². The highest BCUT2D eigenvalue weighted by atomic mass is 16.1. The molecule has 0 bridgehead atoms. The van der Waals surface area contributed by atoms with E-state index in [0.29, 0.717) is 5.56 Å². The fraction of sp³-hybridized carbons (Fsp3) is 0.0400. The van der Waals surface area contributed by atoms with E-state index in [1.54, 1.807) is 6.92 Å². The maximum absolute atomic E-state index is 11.7. The highest BCUT2D eigenvalue weighted by molar-refractivity contribution is 6.23. The summed E-state index contributed by atoms with van der Waals surface area (Å²) in [7, 11) is 0. The Morgan fingerprint density at radius 1 is 0.828 bits per heavy atom. The maximum atomic E-state index is 11.7. The number of hydrogen-bond donors (Lipinski definition) is 2. The van der Waals surface area contributed by atoms with E-state index in [9.17, 15) is 4.79 Å². The number of benzene rings is 4. The van der Waals surface area contributed by atoms with E-state index < -0.39 is 0 Å². The molecule has 0 aliphatic rings. The van der Waals surface area contributed by atoms with Gasteiger partial charge in [-0.3, -0.25) is 4.79 Å². The van der Waals surface area contributed by atoms with Crippen LogP contribution in [0.3, 0.4) is 0 Å². The van der Waals surface area contributed by atoms with Gasteiger partial charge in [-0.1, -0.05) is 60.7 Å². The molecular formula is C25H17N3O. The zero-order chi connectivity index (χ0) is 19.5. The van der Waals surface area contributed by atoms with Crippen molar-refractivity contribution in [3.05, 3.63) is 78.5 Å². The molecule has 0 spiro atoms. The van der Waals surface area contributed by atoms with E-state index in [-0.39, 0.29) is 5.78 Å². The third-order valence-electron chi connectivity index (χ3n) is 5.72. The van der Waals surface area contributed by atoms with Gasteiger partial charge in [0.2, 0.25) is 0 Å². The zero-order valence-electron chi connectivity index (χ0n) is 15.8. The van der Waals surface area contributed by atoms with E-state index in [0.717, 1.165) is 38.7 Å². The molecule has 0 saturated heterocycles. The Balaban J connectivity index is 1.68. The monoisotopic (exact) mass is 375 g/mol. The Labute approximate surface area is 166 Å². The van der Waals surface area contributed by atoms with Crippen LogP contribution in [-0.2, 0) is 0 Å². The minimum Gasteiger partial charge on any atom is -0.360 e. The van der Waals surface area contributed by atoms with Gasteiger partial charge >= 0.3 is 0 Å². The van der Waals surface area contributed by atoms with Crippen molar-refractivity contribution in [3.63, 3.8) is 0 Å². The first-order chi connectivity index (χ1) is 14.2.